The van der Waals surface area contributed by atoms with Crippen molar-refractivity contribution in [1.82, 2.24) is 10.7 Å². The molecule has 0 aliphatic rings. The Morgan fingerprint density at radius 3 is 2.42 bits per heavy atom. The standard InChI is InChI=1S/C30H33Cl2N3O5/c1-4-5-15-39-27-13-11-22(17-28(27)38-3)19-33-35-30(37)25(16-21-9-7-6-8-10-21)34-29(36)20(2)40-26-14-12-23(31)18-24(26)32/h6-14,17-20,25H,4-5,15-16H2,1-3H3,(H,34,36)(H,35,37)/b33-19-/t20-,25-/m1/s1. The van der Waals surface area contributed by atoms with Gasteiger partial charge in [0.05, 0.1) is 25.0 Å². The SMILES string of the molecule is CCCCOc1ccc(/C=N\NC(=O)[C@@H](Cc2ccccc2)NC(=O)[C@@H](C)Oc2ccc(Cl)cc2Cl)cc1OC. The van der Waals surface area contributed by atoms with Crippen LogP contribution in [0.3, 0.4) is 0 Å². The number of ether oxygens (including phenoxy) is 3. The number of halogens is 2. The predicted octanol–water partition coefficient (Wildman–Crippen LogP) is 5.83. The maximum Gasteiger partial charge on any atom is 0.262 e. The zero-order valence-electron chi connectivity index (χ0n) is 22.7. The minimum Gasteiger partial charge on any atom is -0.493 e. The van der Waals surface area contributed by atoms with Gasteiger partial charge in [0, 0.05) is 11.4 Å². The molecule has 0 radical (unpaired) electrons. The lowest BCUT2D eigenvalue weighted by Crippen LogP contribution is -2.50. The summed E-state index contributed by atoms with van der Waals surface area (Å²) in [6.07, 6.45) is 2.78. The number of hydrogen-bond donors (Lipinski definition) is 2. The number of methoxy groups -OCH3 is 1. The van der Waals surface area contributed by atoms with E-state index in [0.717, 1.165) is 18.4 Å². The van der Waals surface area contributed by atoms with Gasteiger partial charge in [-0.3, -0.25) is 9.59 Å². The Bertz CT molecular complexity index is 1300. The molecule has 0 heterocycles. The van der Waals surface area contributed by atoms with Crippen molar-refractivity contribution in [2.24, 2.45) is 5.10 Å². The number of amides is 2. The van der Waals surface area contributed by atoms with Gasteiger partial charge in [0.2, 0.25) is 0 Å². The molecule has 0 bridgehead atoms. The molecular formula is C30H33Cl2N3O5. The number of benzene rings is 3. The third-order valence-corrected chi connectivity index (χ3v) is 6.34. The number of carbonyl (C=O) groups excluding carboxylic acids is 2. The summed E-state index contributed by atoms with van der Waals surface area (Å²) in [5, 5.41) is 7.57. The molecule has 0 unspecified atom stereocenters. The fourth-order valence-electron chi connectivity index (χ4n) is 3.62. The molecule has 0 saturated heterocycles. The number of rotatable bonds is 14. The normalized spacial score (nSPS) is 12.4. The zero-order valence-corrected chi connectivity index (χ0v) is 24.2. The number of unbranched alkanes of at least 4 members (excludes halogenated alkanes) is 1. The van der Waals surface area contributed by atoms with Crippen LogP contribution in [0.25, 0.3) is 0 Å². The number of carbonyl (C=O) groups is 2. The highest BCUT2D eigenvalue weighted by molar-refractivity contribution is 6.35. The average molecular weight is 587 g/mol. The first-order valence-corrected chi connectivity index (χ1v) is 13.7. The summed E-state index contributed by atoms with van der Waals surface area (Å²) < 4.78 is 16.9. The maximum absolute atomic E-state index is 13.1. The van der Waals surface area contributed by atoms with Gasteiger partial charge in [0.15, 0.2) is 17.6 Å². The second-order valence-electron chi connectivity index (χ2n) is 8.93. The maximum atomic E-state index is 13.1. The molecule has 0 aliphatic heterocycles. The molecule has 10 heteroatoms. The van der Waals surface area contributed by atoms with Gasteiger partial charge in [0.1, 0.15) is 11.8 Å². The van der Waals surface area contributed by atoms with E-state index in [-0.39, 0.29) is 11.4 Å². The lowest BCUT2D eigenvalue weighted by molar-refractivity contribution is -0.132. The summed E-state index contributed by atoms with van der Waals surface area (Å²) in [5.41, 5.74) is 4.09. The molecule has 0 fully saturated rings. The van der Waals surface area contributed by atoms with E-state index in [2.05, 4.69) is 22.8 Å². The molecule has 0 aliphatic carbocycles. The first-order valence-electron chi connectivity index (χ1n) is 12.9. The quantitative estimate of drug-likeness (QED) is 0.141. The van der Waals surface area contributed by atoms with Crippen molar-refractivity contribution in [3.8, 4) is 17.2 Å². The van der Waals surface area contributed by atoms with Gasteiger partial charge in [-0.1, -0.05) is 66.9 Å². The first kappa shape index (κ1) is 30.8. The molecule has 2 N–H and O–H groups in total. The van der Waals surface area contributed by atoms with Crippen LogP contribution in [0.5, 0.6) is 17.2 Å². The monoisotopic (exact) mass is 585 g/mol. The van der Waals surface area contributed by atoms with Crippen molar-refractivity contribution in [3.63, 3.8) is 0 Å². The fraction of sp³-hybridized carbons (Fsp3) is 0.300. The number of nitrogens with one attached hydrogen (secondary N) is 2. The number of hydrazone groups is 1. The predicted molar refractivity (Wildman–Crippen MR) is 158 cm³/mol. The number of nitrogens with zero attached hydrogens (tertiary/aromatic N) is 1. The minimum atomic E-state index is -0.932. The van der Waals surface area contributed by atoms with Crippen molar-refractivity contribution in [2.45, 2.75) is 45.3 Å². The van der Waals surface area contributed by atoms with Gasteiger partial charge in [-0.25, -0.2) is 5.43 Å². The molecule has 0 spiro atoms. The van der Waals surface area contributed by atoms with Gasteiger partial charge in [-0.2, -0.15) is 5.10 Å². The van der Waals surface area contributed by atoms with E-state index in [0.29, 0.717) is 34.4 Å². The van der Waals surface area contributed by atoms with Gasteiger partial charge in [0.25, 0.3) is 11.8 Å². The summed E-state index contributed by atoms with van der Waals surface area (Å²) in [5.74, 6) is 0.528. The molecule has 212 valence electrons. The van der Waals surface area contributed by atoms with E-state index in [9.17, 15) is 9.59 Å². The highest BCUT2D eigenvalue weighted by Crippen LogP contribution is 2.29. The molecule has 0 aromatic heterocycles. The molecule has 3 aromatic carbocycles. The summed E-state index contributed by atoms with van der Waals surface area (Å²) >= 11 is 12.1. The van der Waals surface area contributed by atoms with E-state index in [1.807, 2.05) is 36.4 Å². The summed E-state index contributed by atoms with van der Waals surface area (Å²) in [6, 6.07) is 18.5. The van der Waals surface area contributed by atoms with Gasteiger partial charge < -0.3 is 19.5 Å². The number of hydrogen-bond acceptors (Lipinski definition) is 6. The Hall–Kier alpha value is -3.75. The van der Waals surface area contributed by atoms with Gasteiger partial charge in [-0.15, -0.1) is 0 Å². The van der Waals surface area contributed by atoms with Crippen molar-refractivity contribution < 1.29 is 23.8 Å². The smallest absolute Gasteiger partial charge is 0.262 e. The van der Waals surface area contributed by atoms with Crippen LogP contribution >= 0.6 is 23.2 Å². The van der Waals surface area contributed by atoms with E-state index >= 15 is 0 Å². The van der Waals surface area contributed by atoms with Crippen LogP contribution < -0.4 is 25.0 Å². The molecule has 2 atom stereocenters. The largest absolute Gasteiger partial charge is 0.493 e. The highest BCUT2D eigenvalue weighted by atomic mass is 35.5. The van der Waals surface area contributed by atoms with E-state index in [4.69, 9.17) is 37.4 Å². The first-order chi connectivity index (χ1) is 19.3. The average Bonchev–Trinajstić information content (AvgIpc) is 2.95. The second kappa shape index (κ2) is 15.7. The van der Waals surface area contributed by atoms with Crippen molar-refractivity contribution >= 4 is 41.2 Å². The lowest BCUT2D eigenvalue weighted by atomic mass is 10.1. The van der Waals surface area contributed by atoms with Gasteiger partial charge >= 0.3 is 0 Å². The second-order valence-corrected chi connectivity index (χ2v) is 9.78. The lowest BCUT2D eigenvalue weighted by Gasteiger charge is -2.21. The molecule has 8 nitrogen and oxygen atoms in total. The van der Waals surface area contributed by atoms with Gasteiger partial charge in [-0.05, 0) is 60.9 Å². The Balaban J connectivity index is 1.67. The topological polar surface area (TPSA) is 98.2 Å². The Kier molecular flexibility index (Phi) is 12.1. The third kappa shape index (κ3) is 9.47. The Morgan fingerprint density at radius 1 is 0.975 bits per heavy atom. The zero-order chi connectivity index (χ0) is 28.9. The summed E-state index contributed by atoms with van der Waals surface area (Å²) in [6.45, 7) is 4.26. The highest BCUT2D eigenvalue weighted by Gasteiger charge is 2.25. The molecular weight excluding hydrogens is 553 g/mol. The van der Waals surface area contributed by atoms with E-state index in [1.165, 1.54) is 12.3 Å². The van der Waals surface area contributed by atoms with Crippen LogP contribution in [0.1, 0.15) is 37.8 Å². The molecule has 3 rings (SSSR count). The minimum absolute atomic E-state index is 0.250. The van der Waals surface area contributed by atoms with E-state index < -0.39 is 24.0 Å². The van der Waals surface area contributed by atoms with Crippen LogP contribution in [0.2, 0.25) is 10.0 Å². The summed E-state index contributed by atoms with van der Waals surface area (Å²) in [7, 11) is 1.56. The van der Waals surface area contributed by atoms with Crippen molar-refractivity contribution in [1.29, 1.82) is 0 Å². The van der Waals surface area contributed by atoms with Crippen LogP contribution in [0, 0.1) is 0 Å². The van der Waals surface area contributed by atoms with Crippen molar-refractivity contribution in [2.75, 3.05) is 13.7 Å². The van der Waals surface area contributed by atoms with Crippen molar-refractivity contribution in [3.05, 3.63) is 87.9 Å². The molecule has 2 amide bonds. The molecule has 40 heavy (non-hydrogen) atoms. The Morgan fingerprint density at radius 2 is 1.73 bits per heavy atom. The molecule has 0 saturated carbocycles. The summed E-state index contributed by atoms with van der Waals surface area (Å²) in [4.78, 5) is 26.1. The van der Waals surface area contributed by atoms with Crippen LogP contribution in [-0.4, -0.2) is 43.9 Å². The Labute approximate surface area is 244 Å². The third-order valence-electron chi connectivity index (χ3n) is 5.81. The van der Waals surface area contributed by atoms with Crippen LogP contribution in [-0.2, 0) is 16.0 Å². The fourth-order valence-corrected chi connectivity index (χ4v) is 4.07. The molecule has 3 aromatic rings. The van der Waals surface area contributed by atoms with Crippen LogP contribution in [0.15, 0.2) is 71.8 Å². The van der Waals surface area contributed by atoms with Crippen LogP contribution in [0.4, 0.5) is 0 Å². The van der Waals surface area contributed by atoms with E-state index in [1.54, 1.807) is 38.3 Å².